The van der Waals surface area contributed by atoms with E-state index in [4.69, 9.17) is 15.2 Å². The van der Waals surface area contributed by atoms with Gasteiger partial charge in [-0.1, -0.05) is 0 Å². The molecule has 2 heterocycles. The highest BCUT2D eigenvalue weighted by molar-refractivity contribution is 6.05. The van der Waals surface area contributed by atoms with Crippen molar-refractivity contribution in [2.75, 3.05) is 33.0 Å². The smallest absolute Gasteiger partial charge is 0.275 e. The van der Waals surface area contributed by atoms with Crippen molar-refractivity contribution < 1.29 is 14.3 Å². The lowest BCUT2D eigenvalue weighted by atomic mass is 10.2. The lowest BCUT2D eigenvalue weighted by Crippen LogP contribution is -2.30. The van der Waals surface area contributed by atoms with Crippen molar-refractivity contribution in [1.82, 2.24) is 15.1 Å². The largest absolute Gasteiger partial charge is 0.399 e. The molecule has 1 fully saturated rings. The Morgan fingerprint density at radius 1 is 1.33 bits per heavy atom. The summed E-state index contributed by atoms with van der Waals surface area (Å²) in [5.41, 5.74) is 7.56. The second-order valence-electron chi connectivity index (χ2n) is 5.14. The van der Waals surface area contributed by atoms with Crippen LogP contribution in [0.4, 0.5) is 5.69 Å². The fraction of sp³-hybridized carbons (Fsp3) is 0.429. The van der Waals surface area contributed by atoms with Crippen LogP contribution in [0, 0.1) is 0 Å². The van der Waals surface area contributed by atoms with Crippen LogP contribution >= 0.6 is 0 Å². The second kappa shape index (κ2) is 5.34. The first kappa shape index (κ1) is 13.8. The molecule has 0 spiro atoms. The average Bonchev–Trinajstić information content (AvgIpc) is 3.09. The van der Waals surface area contributed by atoms with E-state index in [-0.39, 0.29) is 18.1 Å². The number of likely N-dealkylation sites (tertiary alicyclic amines) is 1. The van der Waals surface area contributed by atoms with Crippen molar-refractivity contribution in [3.8, 4) is 0 Å². The van der Waals surface area contributed by atoms with Crippen LogP contribution in [-0.4, -0.2) is 60.5 Å². The Balaban J connectivity index is 1.89. The molecule has 1 saturated heterocycles. The minimum absolute atomic E-state index is 0.116. The van der Waals surface area contributed by atoms with Gasteiger partial charge in [0, 0.05) is 38.4 Å². The number of nitrogens with one attached hydrogen (secondary N) is 1. The zero-order chi connectivity index (χ0) is 15.0. The summed E-state index contributed by atoms with van der Waals surface area (Å²) in [6, 6.07) is 5.34. The number of hydrogen-bond acceptors (Lipinski definition) is 5. The summed E-state index contributed by atoms with van der Waals surface area (Å²) in [7, 11) is 3.24. The van der Waals surface area contributed by atoms with E-state index < -0.39 is 0 Å². The van der Waals surface area contributed by atoms with Crippen molar-refractivity contribution in [3.05, 3.63) is 23.9 Å². The first-order valence-corrected chi connectivity index (χ1v) is 6.72. The number of rotatable bonds is 3. The zero-order valence-electron chi connectivity index (χ0n) is 12.0. The highest BCUT2D eigenvalue weighted by Gasteiger charge is 2.36. The summed E-state index contributed by atoms with van der Waals surface area (Å²) in [5, 5.41) is 7.72. The van der Waals surface area contributed by atoms with E-state index in [9.17, 15) is 4.79 Å². The number of nitrogens with two attached hydrogens (primary N) is 1. The SMILES string of the molecule is COC1CN(C(=O)c2n[nH]c3ccc(N)cc23)CC1OC. The van der Waals surface area contributed by atoms with E-state index in [0.717, 1.165) is 10.9 Å². The molecule has 1 aromatic carbocycles. The van der Waals surface area contributed by atoms with Gasteiger partial charge in [0.2, 0.25) is 0 Å². The number of nitrogen functional groups attached to an aromatic ring is 1. The van der Waals surface area contributed by atoms with E-state index >= 15 is 0 Å². The lowest BCUT2D eigenvalue weighted by molar-refractivity contribution is -0.00461. The Kier molecular flexibility index (Phi) is 3.52. The average molecular weight is 290 g/mol. The highest BCUT2D eigenvalue weighted by atomic mass is 16.5. The summed E-state index contributed by atoms with van der Waals surface area (Å²) >= 11 is 0. The van der Waals surface area contributed by atoms with Crippen molar-refractivity contribution in [1.29, 1.82) is 0 Å². The highest BCUT2D eigenvalue weighted by Crippen LogP contribution is 2.23. The summed E-state index contributed by atoms with van der Waals surface area (Å²) < 4.78 is 10.7. The van der Waals surface area contributed by atoms with Gasteiger partial charge < -0.3 is 20.1 Å². The molecule has 1 amide bonds. The van der Waals surface area contributed by atoms with E-state index in [2.05, 4.69) is 10.2 Å². The monoisotopic (exact) mass is 290 g/mol. The maximum atomic E-state index is 12.6. The van der Waals surface area contributed by atoms with E-state index in [0.29, 0.717) is 24.5 Å². The van der Waals surface area contributed by atoms with Crippen LogP contribution in [0.3, 0.4) is 0 Å². The molecule has 2 aromatic rings. The molecule has 21 heavy (non-hydrogen) atoms. The van der Waals surface area contributed by atoms with Gasteiger partial charge in [0.15, 0.2) is 5.69 Å². The molecule has 1 aliphatic rings. The molecule has 0 radical (unpaired) electrons. The van der Waals surface area contributed by atoms with Crippen molar-refractivity contribution in [2.45, 2.75) is 12.2 Å². The number of fused-ring (bicyclic) bond motifs is 1. The number of carbonyl (C=O) groups is 1. The number of ether oxygens (including phenoxy) is 2. The van der Waals surface area contributed by atoms with Crippen LogP contribution in [0.15, 0.2) is 18.2 Å². The molecule has 0 saturated carbocycles. The fourth-order valence-electron chi connectivity index (χ4n) is 2.71. The molecule has 0 bridgehead atoms. The van der Waals surface area contributed by atoms with Crippen LogP contribution in [-0.2, 0) is 9.47 Å². The van der Waals surface area contributed by atoms with Crippen molar-refractivity contribution >= 4 is 22.5 Å². The first-order valence-electron chi connectivity index (χ1n) is 6.72. The van der Waals surface area contributed by atoms with Gasteiger partial charge in [-0.15, -0.1) is 0 Å². The summed E-state index contributed by atoms with van der Waals surface area (Å²) in [6.07, 6.45) is -0.233. The second-order valence-corrected chi connectivity index (χ2v) is 5.14. The van der Waals surface area contributed by atoms with Crippen LogP contribution in [0.2, 0.25) is 0 Å². The normalized spacial score (nSPS) is 22.1. The molecule has 3 rings (SSSR count). The van der Waals surface area contributed by atoms with Crippen LogP contribution in [0.5, 0.6) is 0 Å². The molecule has 112 valence electrons. The molecule has 2 unspecified atom stereocenters. The zero-order valence-corrected chi connectivity index (χ0v) is 12.0. The van der Waals surface area contributed by atoms with E-state index in [1.54, 1.807) is 31.3 Å². The number of methoxy groups -OCH3 is 2. The summed E-state index contributed by atoms with van der Waals surface area (Å²) in [6.45, 7) is 0.981. The molecule has 1 aliphatic heterocycles. The minimum Gasteiger partial charge on any atom is -0.399 e. The van der Waals surface area contributed by atoms with Gasteiger partial charge >= 0.3 is 0 Å². The Bertz CT molecular complexity index is 657. The molecule has 7 nitrogen and oxygen atoms in total. The number of aromatic nitrogens is 2. The topological polar surface area (TPSA) is 93.5 Å². The number of amides is 1. The third-order valence-corrected chi connectivity index (χ3v) is 3.90. The van der Waals surface area contributed by atoms with Gasteiger partial charge in [-0.3, -0.25) is 9.89 Å². The number of carbonyl (C=O) groups excluding carboxylic acids is 1. The maximum Gasteiger partial charge on any atom is 0.275 e. The minimum atomic E-state index is -0.145. The third-order valence-electron chi connectivity index (χ3n) is 3.90. The molecular weight excluding hydrogens is 272 g/mol. The molecule has 0 aliphatic carbocycles. The Morgan fingerprint density at radius 2 is 2.00 bits per heavy atom. The Hall–Kier alpha value is -2.12. The van der Waals surface area contributed by atoms with E-state index in [1.807, 2.05) is 6.07 Å². The maximum absolute atomic E-state index is 12.6. The molecule has 3 N–H and O–H groups in total. The Labute approximate surface area is 122 Å². The van der Waals surface area contributed by atoms with Gasteiger partial charge in [-0.2, -0.15) is 5.10 Å². The molecule has 1 aromatic heterocycles. The number of H-pyrrole nitrogens is 1. The Morgan fingerprint density at radius 3 is 2.62 bits per heavy atom. The number of aromatic amines is 1. The fourth-order valence-corrected chi connectivity index (χ4v) is 2.71. The summed E-state index contributed by atoms with van der Waals surface area (Å²) in [5.74, 6) is -0.145. The first-order chi connectivity index (χ1) is 10.1. The molecule has 2 atom stereocenters. The van der Waals surface area contributed by atoms with Gasteiger partial charge in [0.1, 0.15) is 12.2 Å². The number of anilines is 1. The van der Waals surface area contributed by atoms with Gasteiger partial charge in [-0.25, -0.2) is 0 Å². The van der Waals surface area contributed by atoms with Crippen LogP contribution in [0.25, 0.3) is 10.9 Å². The van der Waals surface area contributed by atoms with E-state index in [1.165, 1.54) is 0 Å². The van der Waals surface area contributed by atoms with Gasteiger partial charge in [-0.05, 0) is 18.2 Å². The third kappa shape index (κ3) is 2.34. The molecule has 7 heteroatoms. The van der Waals surface area contributed by atoms with Crippen molar-refractivity contribution in [2.24, 2.45) is 0 Å². The number of hydrogen-bond donors (Lipinski definition) is 2. The van der Waals surface area contributed by atoms with Gasteiger partial charge in [0.25, 0.3) is 5.91 Å². The number of nitrogens with zero attached hydrogens (tertiary/aromatic N) is 2. The van der Waals surface area contributed by atoms with Crippen molar-refractivity contribution in [3.63, 3.8) is 0 Å². The van der Waals surface area contributed by atoms with Crippen LogP contribution in [0.1, 0.15) is 10.5 Å². The molecular formula is C14H18N4O3. The van der Waals surface area contributed by atoms with Crippen LogP contribution < -0.4 is 5.73 Å². The predicted molar refractivity (Wildman–Crippen MR) is 78.0 cm³/mol. The predicted octanol–water partition coefficient (Wildman–Crippen LogP) is 0.631. The quantitative estimate of drug-likeness (QED) is 0.809. The summed E-state index contributed by atoms with van der Waals surface area (Å²) in [4.78, 5) is 14.3. The standard InChI is InChI=1S/C14H18N4O3/c1-20-11-6-18(7-12(11)21-2)14(19)13-9-5-8(15)3-4-10(9)16-17-13/h3-5,11-12H,6-7,15H2,1-2H3,(H,16,17). The van der Waals surface area contributed by atoms with Gasteiger partial charge in [0.05, 0.1) is 5.52 Å². The number of benzene rings is 1. The lowest BCUT2D eigenvalue weighted by Gasteiger charge is -2.14.